The SMILES string of the molecule is CC(C)(C)NC(=O)NCC1CCS(=O)(=O)C1. The Morgan fingerprint density at radius 3 is 2.44 bits per heavy atom. The van der Waals surface area contributed by atoms with Gasteiger partial charge in [0.2, 0.25) is 0 Å². The average Bonchev–Trinajstić information content (AvgIpc) is 2.39. The molecule has 1 rings (SSSR count). The molecule has 2 amide bonds. The highest BCUT2D eigenvalue weighted by Crippen LogP contribution is 2.17. The molecule has 0 aromatic rings. The van der Waals surface area contributed by atoms with Crippen LogP contribution in [-0.4, -0.2) is 38.0 Å². The van der Waals surface area contributed by atoms with Crippen molar-refractivity contribution in [3.05, 3.63) is 0 Å². The fourth-order valence-corrected chi connectivity index (χ4v) is 3.52. The molecule has 1 atom stereocenters. The molecule has 0 saturated carbocycles. The quantitative estimate of drug-likeness (QED) is 0.748. The lowest BCUT2D eigenvalue weighted by atomic mass is 10.1. The molecule has 0 spiro atoms. The van der Waals surface area contributed by atoms with Crippen LogP contribution in [0.4, 0.5) is 4.79 Å². The van der Waals surface area contributed by atoms with Crippen LogP contribution in [0.1, 0.15) is 27.2 Å². The van der Waals surface area contributed by atoms with Crippen molar-refractivity contribution in [2.24, 2.45) is 5.92 Å². The van der Waals surface area contributed by atoms with Gasteiger partial charge in [0.05, 0.1) is 11.5 Å². The maximum atomic E-state index is 11.4. The summed E-state index contributed by atoms with van der Waals surface area (Å²) in [6.45, 7) is 6.12. The van der Waals surface area contributed by atoms with Crippen LogP contribution < -0.4 is 10.6 Å². The maximum Gasteiger partial charge on any atom is 0.315 e. The molecule has 1 aliphatic heterocycles. The number of hydrogen-bond acceptors (Lipinski definition) is 3. The fraction of sp³-hybridized carbons (Fsp3) is 0.900. The number of carbonyl (C=O) groups is 1. The summed E-state index contributed by atoms with van der Waals surface area (Å²) >= 11 is 0. The molecule has 0 radical (unpaired) electrons. The van der Waals surface area contributed by atoms with Crippen molar-refractivity contribution in [3.63, 3.8) is 0 Å². The van der Waals surface area contributed by atoms with Crippen LogP contribution in [0, 0.1) is 5.92 Å². The van der Waals surface area contributed by atoms with Crippen LogP contribution in [0.3, 0.4) is 0 Å². The van der Waals surface area contributed by atoms with Crippen LogP contribution in [-0.2, 0) is 9.84 Å². The van der Waals surface area contributed by atoms with E-state index in [1.165, 1.54) is 0 Å². The first-order valence-corrected chi connectivity index (χ1v) is 7.26. The molecule has 1 saturated heterocycles. The van der Waals surface area contributed by atoms with Gasteiger partial charge in [0, 0.05) is 12.1 Å². The van der Waals surface area contributed by atoms with Crippen molar-refractivity contribution in [1.82, 2.24) is 10.6 Å². The van der Waals surface area contributed by atoms with Gasteiger partial charge in [-0.25, -0.2) is 13.2 Å². The van der Waals surface area contributed by atoms with Gasteiger partial charge in [0.15, 0.2) is 9.84 Å². The summed E-state index contributed by atoms with van der Waals surface area (Å²) in [7, 11) is -2.85. The van der Waals surface area contributed by atoms with E-state index in [4.69, 9.17) is 0 Å². The molecule has 1 aliphatic rings. The molecule has 6 heteroatoms. The second kappa shape index (κ2) is 4.61. The third-order valence-corrected chi connectivity index (χ3v) is 4.20. The predicted octanol–water partition coefficient (Wildman–Crippen LogP) is 0.519. The highest BCUT2D eigenvalue weighted by atomic mass is 32.2. The molecule has 16 heavy (non-hydrogen) atoms. The lowest BCUT2D eigenvalue weighted by Gasteiger charge is -2.21. The van der Waals surface area contributed by atoms with Crippen molar-refractivity contribution in [2.45, 2.75) is 32.7 Å². The predicted molar refractivity (Wildman–Crippen MR) is 63.0 cm³/mol. The van der Waals surface area contributed by atoms with Crippen molar-refractivity contribution >= 4 is 15.9 Å². The summed E-state index contributed by atoms with van der Waals surface area (Å²) in [6.07, 6.45) is 0.651. The van der Waals surface area contributed by atoms with E-state index in [2.05, 4.69) is 10.6 Å². The zero-order valence-electron chi connectivity index (χ0n) is 10.0. The lowest BCUT2D eigenvalue weighted by Crippen LogP contribution is -2.47. The van der Waals surface area contributed by atoms with Gasteiger partial charge < -0.3 is 10.6 Å². The first-order valence-electron chi connectivity index (χ1n) is 5.44. The van der Waals surface area contributed by atoms with Crippen molar-refractivity contribution < 1.29 is 13.2 Å². The highest BCUT2D eigenvalue weighted by molar-refractivity contribution is 7.91. The van der Waals surface area contributed by atoms with E-state index >= 15 is 0 Å². The molecule has 1 fully saturated rings. The third-order valence-electron chi connectivity index (χ3n) is 2.37. The van der Waals surface area contributed by atoms with Crippen molar-refractivity contribution in [2.75, 3.05) is 18.1 Å². The van der Waals surface area contributed by atoms with E-state index in [-0.39, 0.29) is 29.0 Å². The standard InChI is InChI=1S/C10H20N2O3S/c1-10(2,3)12-9(13)11-6-8-4-5-16(14,15)7-8/h8H,4-7H2,1-3H3,(H2,11,12,13). The Bertz CT molecular complexity index is 357. The van der Waals surface area contributed by atoms with E-state index in [1.807, 2.05) is 20.8 Å². The van der Waals surface area contributed by atoms with E-state index in [9.17, 15) is 13.2 Å². The Hall–Kier alpha value is -0.780. The second-order valence-corrected chi connectivity index (χ2v) is 7.58. The minimum Gasteiger partial charge on any atom is -0.338 e. The largest absolute Gasteiger partial charge is 0.338 e. The monoisotopic (exact) mass is 248 g/mol. The zero-order chi connectivity index (χ0) is 12.4. The Balaban J connectivity index is 2.29. The summed E-state index contributed by atoms with van der Waals surface area (Å²) < 4.78 is 22.4. The van der Waals surface area contributed by atoms with Crippen molar-refractivity contribution in [1.29, 1.82) is 0 Å². The second-order valence-electron chi connectivity index (χ2n) is 5.35. The van der Waals surface area contributed by atoms with Gasteiger partial charge in [0.1, 0.15) is 0 Å². The number of rotatable bonds is 2. The van der Waals surface area contributed by atoms with Gasteiger partial charge in [-0.2, -0.15) is 0 Å². The molecule has 1 unspecified atom stereocenters. The Morgan fingerprint density at radius 2 is 2.00 bits per heavy atom. The molecule has 0 aromatic heterocycles. The minimum absolute atomic E-state index is 0.0655. The summed E-state index contributed by atoms with van der Waals surface area (Å²) in [5, 5.41) is 5.47. The van der Waals surface area contributed by atoms with Crippen LogP contribution in [0.25, 0.3) is 0 Å². The van der Waals surface area contributed by atoms with Gasteiger partial charge >= 0.3 is 6.03 Å². The molecule has 1 heterocycles. The average molecular weight is 248 g/mol. The summed E-state index contributed by atoms with van der Waals surface area (Å²) in [5.41, 5.74) is -0.272. The zero-order valence-corrected chi connectivity index (χ0v) is 10.9. The smallest absolute Gasteiger partial charge is 0.315 e. The molecular formula is C10H20N2O3S. The molecule has 0 aliphatic carbocycles. The Morgan fingerprint density at radius 1 is 1.38 bits per heavy atom. The molecule has 2 N–H and O–H groups in total. The summed E-state index contributed by atoms with van der Waals surface area (Å²) in [6, 6.07) is -0.239. The molecule has 0 bridgehead atoms. The fourth-order valence-electron chi connectivity index (χ4n) is 1.65. The Labute approximate surface area is 96.9 Å². The van der Waals surface area contributed by atoms with E-state index in [0.717, 1.165) is 0 Å². The molecular weight excluding hydrogens is 228 g/mol. The number of hydrogen-bond donors (Lipinski definition) is 2. The number of nitrogens with one attached hydrogen (secondary N) is 2. The number of amides is 2. The summed E-state index contributed by atoms with van der Waals surface area (Å²) in [4.78, 5) is 11.4. The first-order chi connectivity index (χ1) is 7.18. The first kappa shape index (κ1) is 13.3. The van der Waals surface area contributed by atoms with Gasteiger partial charge in [-0.3, -0.25) is 0 Å². The maximum absolute atomic E-state index is 11.4. The molecule has 94 valence electrons. The van der Waals surface area contributed by atoms with Crippen LogP contribution >= 0.6 is 0 Å². The number of carbonyl (C=O) groups excluding carboxylic acids is 1. The van der Waals surface area contributed by atoms with Crippen LogP contribution in [0.5, 0.6) is 0 Å². The topological polar surface area (TPSA) is 75.3 Å². The van der Waals surface area contributed by atoms with Crippen LogP contribution in [0.15, 0.2) is 0 Å². The van der Waals surface area contributed by atoms with E-state index < -0.39 is 9.84 Å². The van der Waals surface area contributed by atoms with Gasteiger partial charge in [-0.05, 0) is 33.1 Å². The van der Waals surface area contributed by atoms with Gasteiger partial charge in [-0.15, -0.1) is 0 Å². The van der Waals surface area contributed by atoms with E-state index in [1.54, 1.807) is 0 Å². The van der Waals surface area contributed by atoms with Crippen LogP contribution in [0.2, 0.25) is 0 Å². The number of urea groups is 1. The minimum atomic E-state index is -2.85. The third kappa shape index (κ3) is 4.83. The van der Waals surface area contributed by atoms with Crippen molar-refractivity contribution in [3.8, 4) is 0 Å². The van der Waals surface area contributed by atoms with E-state index in [0.29, 0.717) is 13.0 Å². The molecule has 5 nitrogen and oxygen atoms in total. The highest BCUT2D eigenvalue weighted by Gasteiger charge is 2.28. The normalized spacial score (nSPS) is 24.1. The van der Waals surface area contributed by atoms with Gasteiger partial charge in [0.25, 0.3) is 0 Å². The number of sulfone groups is 1. The lowest BCUT2D eigenvalue weighted by molar-refractivity contribution is 0.230. The summed E-state index contributed by atoms with van der Waals surface area (Å²) in [5.74, 6) is 0.513. The molecule has 0 aromatic carbocycles. The van der Waals surface area contributed by atoms with Gasteiger partial charge in [-0.1, -0.05) is 0 Å². The Kier molecular flexibility index (Phi) is 3.83.